The molecule has 4 aromatic carbocycles. The van der Waals surface area contributed by atoms with E-state index in [4.69, 9.17) is 9.84 Å². The topological polar surface area (TPSA) is 95.5 Å². The van der Waals surface area contributed by atoms with Gasteiger partial charge in [0.1, 0.15) is 0 Å². The SMILES string of the molecule is CCOC(=O)c1c2c(nn1-c1ccc(S(=O)(=O)/N=c3\scc(-c4ccc(Br)cc4)n3-c3ccc(Br)cc3)cc1)-c1ccccc1CC2. The summed E-state index contributed by atoms with van der Waals surface area (Å²) in [4.78, 5) is 13.5. The van der Waals surface area contributed by atoms with Gasteiger partial charge < -0.3 is 4.74 Å². The van der Waals surface area contributed by atoms with E-state index in [1.54, 1.807) is 23.7 Å². The van der Waals surface area contributed by atoms with Gasteiger partial charge in [0.05, 0.1) is 28.6 Å². The minimum atomic E-state index is -4.13. The molecule has 1 aliphatic carbocycles. The molecule has 12 heteroatoms. The van der Waals surface area contributed by atoms with E-state index in [2.05, 4.69) is 42.3 Å². The minimum absolute atomic E-state index is 0.0159. The van der Waals surface area contributed by atoms with Crippen molar-refractivity contribution >= 4 is 59.2 Å². The Balaban J connectivity index is 1.30. The third-order valence-corrected chi connectivity index (χ3v) is 11.2. The predicted octanol–water partition coefficient (Wildman–Crippen LogP) is 8.15. The lowest BCUT2D eigenvalue weighted by Gasteiger charge is -2.15. The first-order valence-corrected chi connectivity index (χ1v) is 18.7. The van der Waals surface area contributed by atoms with Crippen LogP contribution in [-0.4, -0.2) is 35.3 Å². The fourth-order valence-electron chi connectivity index (χ4n) is 5.68. The summed E-state index contributed by atoms with van der Waals surface area (Å²) in [6, 6.07) is 29.7. The van der Waals surface area contributed by atoms with Gasteiger partial charge in [-0.2, -0.15) is 13.5 Å². The molecule has 0 N–H and O–H groups in total. The summed E-state index contributed by atoms with van der Waals surface area (Å²) in [5.41, 5.74) is 7.09. The first-order chi connectivity index (χ1) is 22.7. The molecule has 1 aliphatic rings. The molecule has 8 nitrogen and oxygen atoms in total. The second-order valence-corrected chi connectivity index (χ2v) is 15.0. The lowest BCUT2D eigenvalue weighted by molar-refractivity contribution is 0.0514. The van der Waals surface area contributed by atoms with E-state index in [1.807, 2.05) is 76.7 Å². The van der Waals surface area contributed by atoms with Crippen molar-refractivity contribution in [2.24, 2.45) is 4.40 Å². The van der Waals surface area contributed by atoms with Crippen LogP contribution in [0.3, 0.4) is 0 Å². The molecular formula is C35H26Br2N4O4S2. The van der Waals surface area contributed by atoms with Gasteiger partial charge in [0.2, 0.25) is 4.80 Å². The Kier molecular flexibility index (Phi) is 8.60. The van der Waals surface area contributed by atoms with Gasteiger partial charge in [-0.1, -0.05) is 68.3 Å². The molecule has 0 unspecified atom stereocenters. The molecule has 0 saturated heterocycles. The number of carbonyl (C=O) groups excluding carboxylic acids is 1. The standard InChI is InChI=1S/C35H26Br2N4O4S2/c1-2-45-34(42)33-30-20-9-22-5-3-4-6-29(22)32(30)38-41(33)27-16-18-28(19-17-27)47(43,44)39-35-40(26-14-12-25(37)13-15-26)31(21-46-35)23-7-10-24(36)11-8-23/h3-8,10-19,21H,2,9,20H2,1H3/b39-35-. The zero-order valence-corrected chi connectivity index (χ0v) is 29.7. The number of benzene rings is 4. The van der Waals surface area contributed by atoms with Crippen LogP contribution in [0.5, 0.6) is 0 Å². The van der Waals surface area contributed by atoms with Crippen LogP contribution in [0, 0.1) is 0 Å². The average molecular weight is 791 g/mol. The smallest absolute Gasteiger partial charge is 0.357 e. The summed E-state index contributed by atoms with van der Waals surface area (Å²) in [6.07, 6.45) is 1.43. The van der Waals surface area contributed by atoms with Crippen LogP contribution >= 0.6 is 43.2 Å². The summed E-state index contributed by atoms with van der Waals surface area (Å²) < 4.78 is 42.5. The number of esters is 1. The number of thiazole rings is 1. The molecule has 0 radical (unpaired) electrons. The molecule has 7 rings (SSSR count). The van der Waals surface area contributed by atoms with E-state index in [-0.39, 0.29) is 11.5 Å². The fraction of sp³-hybridized carbons (Fsp3) is 0.114. The van der Waals surface area contributed by atoms with Gasteiger partial charge in [0, 0.05) is 31.1 Å². The maximum Gasteiger partial charge on any atom is 0.357 e. The number of hydrogen-bond donors (Lipinski definition) is 0. The van der Waals surface area contributed by atoms with E-state index >= 15 is 0 Å². The highest BCUT2D eigenvalue weighted by Crippen LogP contribution is 2.36. The number of fused-ring (bicyclic) bond motifs is 3. The Hall–Kier alpha value is -4.10. The Morgan fingerprint density at radius 1 is 0.894 bits per heavy atom. The Morgan fingerprint density at radius 3 is 2.26 bits per heavy atom. The zero-order valence-electron chi connectivity index (χ0n) is 24.9. The van der Waals surface area contributed by atoms with Crippen LogP contribution in [0.2, 0.25) is 0 Å². The Bertz CT molecular complexity index is 2310. The number of nitrogens with zero attached hydrogens (tertiary/aromatic N) is 4. The normalized spacial score (nSPS) is 12.9. The fourth-order valence-corrected chi connectivity index (χ4v) is 8.32. The van der Waals surface area contributed by atoms with Crippen LogP contribution in [0.15, 0.2) is 121 Å². The van der Waals surface area contributed by atoms with Crippen molar-refractivity contribution in [1.82, 2.24) is 14.3 Å². The number of aryl methyl sites for hydroxylation is 1. The number of rotatable bonds is 7. The number of aromatic nitrogens is 3. The summed E-state index contributed by atoms with van der Waals surface area (Å²) in [6.45, 7) is 1.99. The van der Waals surface area contributed by atoms with Crippen molar-refractivity contribution in [2.75, 3.05) is 6.61 Å². The first kappa shape index (κ1) is 31.5. The highest BCUT2D eigenvalue weighted by Gasteiger charge is 2.30. The second-order valence-electron chi connectivity index (χ2n) is 10.7. The summed E-state index contributed by atoms with van der Waals surface area (Å²) in [5, 5.41) is 6.75. The zero-order chi connectivity index (χ0) is 32.7. The van der Waals surface area contributed by atoms with E-state index in [0.717, 1.165) is 49.1 Å². The van der Waals surface area contributed by atoms with Crippen molar-refractivity contribution in [3.63, 3.8) is 0 Å². The quantitative estimate of drug-likeness (QED) is 0.152. The first-order valence-electron chi connectivity index (χ1n) is 14.7. The molecular weight excluding hydrogens is 764 g/mol. The van der Waals surface area contributed by atoms with Crippen molar-refractivity contribution in [3.8, 4) is 33.9 Å². The number of carbonyl (C=O) groups is 1. The monoisotopic (exact) mass is 788 g/mol. The lowest BCUT2D eigenvalue weighted by Crippen LogP contribution is -2.17. The number of ether oxygens (including phenoxy) is 1. The number of halogens is 2. The summed E-state index contributed by atoms with van der Waals surface area (Å²) >= 11 is 8.21. The van der Waals surface area contributed by atoms with Crippen molar-refractivity contribution in [3.05, 3.63) is 133 Å². The molecule has 0 amide bonds. The van der Waals surface area contributed by atoms with E-state index in [0.29, 0.717) is 22.6 Å². The third kappa shape index (κ3) is 6.06. The molecule has 0 aliphatic heterocycles. The predicted molar refractivity (Wildman–Crippen MR) is 190 cm³/mol. The molecule has 47 heavy (non-hydrogen) atoms. The van der Waals surface area contributed by atoms with Gasteiger partial charge in [0.15, 0.2) is 5.69 Å². The molecule has 0 spiro atoms. The second kappa shape index (κ2) is 12.8. The van der Waals surface area contributed by atoms with Crippen molar-refractivity contribution in [1.29, 1.82) is 0 Å². The minimum Gasteiger partial charge on any atom is -0.461 e. The van der Waals surface area contributed by atoms with Crippen LogP contribution in [0.4, 0.5) is 0 Å². The Morgan fingerprint density at radius 2 is 1.55 bits per heavy atom. The van der Waals surface area contributed by atoms with Crippen LogP contribution in [0.1, 0.15) is 28.5 Å². The summed E-state index contributed by atoms with van der Waals surface area (Å²) in [5.74, 6) is -0.468. The highest BCUT2D eigenvalue weighted by atomic mass is 79.9. The third-order valence-electron chi connectivity index (χ3n) is 7.88. The molecule has 2 aromatic heterocycles. The lowest BCUT2D eigenvalue weighted by atomic mass is 9.89. The molecule has 2 heterocycles. The van der Waals surface area contributed by atoms with E-state index < -0.39 is 16.0 Å². The molecule has 0 saturated carbocycles. The summed E-state index contributed by atoms with van der Waals surface area (Å²) in [7, 11) is -4.13. The van der Waals surface area contributed by atoms with Crippen LogP contribution in [-0.2, 0) is 27.6 Å². The molecule has 0 bridgehead atoms. The van der Waals surface area contributed by atoms with Crippen LogP contribution < -0.4 is 4.80 Å². The number of hydrogen-bond acceptors (Lipinski definition) is 6. The average Bonchev–Trinajstić information content (AvgIpc) is 3.67. The van der Waals surface area contributed by atoms with Crippen LogP contribution in [0.25, 0.3) is 33.9 Å². The Labute approximate surface area is 292 Å². The van der Waals surface area contributed by atoms with Gasteiger partial charge in [-0.3, -0.25) is 4.57 Å². The molecule has 0 fully saturated rings. The maximum absolute atomic E-state index is 13.8. The van der Waals surface area contributed by atoms with Crippen molar-refractivity contribution < 1.29 is 17.9 Å². The van der Waals surface area contributed by atoms with Gasteiger partial charge in [0.25, 0.3) is 10.0 Å². The van der Waals surface area contributed by atoms with Crippen molar-refractivity contribution in [2.45, 2.75) is 24.7 Å². The van der Waals surface area contributed by atoms with Gasteiger partial charge in [-0.05, 0) is 91.6 Å². The van der Waals surface area contributed by atoms with Gasteiger partial charge in [-0.25, -0.2) is 9.48 Å². The van der Waals surface area contributed by atoms with Gasteiger partial charge >= 0.3 is 5.97 Å². The highest BCUT2D eigenvalue weighted by molar-refractivity contribution is 9.10. The van der Waals surface area contributed by atoms with Gasteiger partial charge in [-0.15, -0.1) is 15.7 Å². The maximum atomic E-state index is 13.8. The molecule has 0 atom stereocenters. The molecule has 6 aromatic rings. The molecule has 236 valence electrons. The van der Waals surface area contributed by atoms with E-state index in [9.17, 15) is 13.2 Å². The van der Waals surface area contributed by atoms with E-state index in [1.165, 1.54) is 29.0 Å². The number of sulfonamides is 1. The largest absolute Gasteiger partial charge is 0.461 e.